The Balaban J connectivity index is 1.83. The molecule has 106 valence electrons. The molecule has 0 amide bonds. The van der Waals surface area contributed by atoms with Crippen LogP contribution in [0.1, 0.15) is 17.5 Å². The van der Waals surface area contributed by atoms with Crippen LogP contribution < -0.4 is 5.32 Å². The van der Waals surface area contributed by atoms with Gasteiger partial charge in [-0.3, -0.25) is 0 Å². The largest absolute Gasteiger partial charge is 0.416 e. The van der Waals surface area contributed by atoms with E-state index in [1.54, 1.807) is 0 Å². The predicted molar refractivity (Wildman–Crippen MR) is 72.5 cm³/mol. The third kappa shape index (κ3) is 4.26. The molecule has 1 heterocycles. The van der Waals surface area contributed by atoms with Crippen LogP contribution >= 0.6 is 0 Å². The van der Waals surface area contributed by atoms with Crippen molar-refractivity contribution in [1.29, 1.82) is 0 Å². The van der Waals surface area contributed by atoms with Crippen molar-refractivity contribution in [3.8, 4) is 0 Å². The van der Waals surface area contributed by atoms with E-state index >= 15 is 0 Å². The van der Waals surface area contributed by atoms with E-state index in [2.05, 4.69) is 10.3 Å². The zero-order valence-electron chi connectivity index (χ0n) is 10.8. The Kier molecular flexibility index (Phi) is 4.61. The van der Waals surface area contributed by atoms with Gasteiger partial charge in [0.05, 0.1) is 5.56 Å². The molecule has 1 aromatic heterocycles. The van der Waals surface area contributed by atoms with Crippen LogP contribution in [0.5, 0.6) is 0 Å². The predicted octanol–water partition coefficient (Wildman–Crippen LogP) is 4.15. The maximum absolute atomic E-state index is 12.5. The van der Waals surface area contributed by atoms with E-state index < -0.39 is 11.7 Å². The standard InChI is InChI=1S/C15H15F3N2/c16-15(17,18)13-8-10-20-14(11-13)19-9-4-7-12-5-2-1-3-6-12/h1-3,5-6,8,10-11H,4,7,9H2,(H,19,20). The maximum Gasteiger partial charge on any atom is 0.416 e. The fraction of sp³-hybridized carbons (Fsp3) is 0.267. The first-order chi connectivity index (χ1) is 9.55. The first-order valence-corrected chi connectivity index (χ1v) is 6.37. The lowest BCUT2D eigenvalue weighted by Crippen LogP contribution is -2.08. The summed E-state index contributed by atoms with van der Waals surface area (Å²) in [5.74, 6) is 0.257. The number of rotatable bonds is 5. The fourth-order valence-corrected chi connectivity index (χ4v) is 1.86. The van der Waals surface area contributed by atoms with Gasteiger partial charge in [0, 0.05) is 12.7 Å². The minimum absolute atomic E-state index is 0.257. The molecule has 0 aliphatic carbocycles. The number of hydrogen-bond acceptors (Lipinski definition) is 2. The van der Waals surface area contributed by atoms with Crippen molar-refractivity contribution in [2.75, 3.05) is 11.9 Å². The minimum Gasteiger partial charge on any atom is -0.370 e. The number of hydrogen-bond donors (Lipinski definition) is 1. The molecule has 2 aromatic rings. The molecular weight excluding hydrogens is 265 g/mol. The van der Waals surface area contributed by atoms with E-state index in [1.165, 1.54) is 11.8 Å². The van der Waals surface area contributed by atoms with Crippen molar-refractivity contribution in [3.63, 3.8) is 0 Å². The number of anilines is 1. The third-order valence-electron chi connectivity index (χ3n) is 2.88. The highest BCUT2D eigenvalue weighted by molar-refractivity contribution is 5.38. The summed E-state index contributed by atoms with van der Waals surface area (Å²) in [6.07, 6.45) is -1.44. The Hall–Kier alpha value is -2.04. The van der Waals surface area contributed by atoms with Gasteiger partial charge in [-0.2, -0.15) is 13.2 Å². The van der Waals surface area contributed by atoms with Crippen molar-refractivity contribution in [3.05, 3.63) is 59.8 Å². The average molecular weight is 280 g/mol. The number of nitrogens with zero attached hydrogens (tertiary/aromatic N) is 1. The van der Waals surface area contributed by atoms with E-state index in [-0.39, 0.29) is 5.82 Å². The van der Waals surface area contributed by atoms with Gasteiger partial charge in [0.25, 0.3) is 0 Å². The first kappa shape index (κ1) is 14.4. The average Bonchev–Trinajstić information content (AvgIpc) is 2.44. The van der Waals surface area contributed by atoms with E-state index in [0.717, 1.165) is 25.0 Å². The molecule has 0 saturated carbocycles. The van der Waals surface area contributed by atoms with Crippen molar-refractivity contribution >= 4 is 5.82 Å². The van der Waals surface area contributed by atoms with Crippen molar-refractivity contribution in [2.24, 2.45) is 0 Å². The lowest BCUT2D eigenvalue weighted by atomic mass is 10.1. The summed E-state index contributed by atoms with van der Waals surface area (Å²) in [6.45, 7) is 0.587. The quantitative estimate of drug-likeness (QED) is 0.832. The molecule has 0 atom stereocenters. The van der Waals surface area contributed by atoms with Gasteiger partial charge < -0.3 is 5.32 Å². The van der Waals surface area contributed by atoms with Crippen molar-refractivity contribution in [1.82, 2.24) is 4.98 Å². The number of pyridine rings is 1. The summed E-state index contributed by atoms with van der Waals surface area (Å²) in [4.78, 5) is 3.89. The van der Waals surface area contributed by atoms with Crippen LogP contribution in [-0.4, -0.2) is 11.5 Å². The first-order valence-electron chi connectivity index (χ1n) is 6.37. The van der Waals surface area contributed by atoms with E-state index in [1.807, 2.05) is 30.3 Å². The van der Waals surface area contributed by atoms with Crippen LogP contribution in [0.3, 0.4) is 0 Å². The van der Waals surface area contributed by atoms with E-state index in [0.29, 0.717) is 6.54 Å². The normalized spacial score (nSPS) is 11.3. The van der Waals surface area contributed by atoms with Gasteiger partial charge in [0.1, 0.15) is 5.82 Å². The van der Waals surface area contributed by atoms with Gasteiger partial charge in [-0.05, 0) is 30.5 Å². The monoisotopic (exact) mass is 280 g/mol. The Morgan fingerprint density at radius 2 is 1.80 bits per heavy atom. The Morgan fingerprint density at radius 3 is 2.50 bits per heavy atom. The van der Waals surface area contributed by atoms with Crippen molar-refractivity contribution < 1.29 is 13.2 Å². The Labute approximate surface area is 115 Å². The summed E-state index contributed by atoms with van der Waals surface area (Å²) < 4.78 is 37.6. The van der Waals surface area contributed by atoms with Gasteiger partial charge in [-0.15, -0.1) is 0 Å². The molecule has 0 saturated heterocycles. The molecule has 20 heavy (non-hydrogen) atoms. The van der Waals surface area contributed by atoms with Crippen LogP contribution in [0.4, 0.5) is 19.0 Å². The van der Waals surface area contributed by atoms with Crippen LogP contribution in [-0.2, 0) is 12.6 Å². The molecular formula is C15H15F3N2. The van der Waals surface area contributed by atoms with Gasteiger partial charge in [0.15, 0.2) is 0 Å². The smallest absolute Gasteiger partial charge is 0.370 e. The molecule has 0 spiro atoms. The van der Waals surface area contributed by atoms with Gasteiger partial charge in [-0.1, -0.05) is 30.3 Å². The van der Waals surface area contributed by atoms with Crippen molar-refractivity contribution in [2.45, 2.75) is 19.0 Å². The molecule has 0 bridgehead atoms. The summed E-state index contributed by atoms with van der Waals surface area (Å²) in [6, 6.07) is 11.9. The Bertz CT molecular complexity index is 538. The van der Waals surface area contributed by atoms with E-state index in [9.17, 15) is 13.2 Å². The summed E-state index contributed by atoms with van der Waals surface area (Å²) in [5, 5.41) is 2.92. The SMILES string of the molecule is FC(F)(F)c1ccnc(NCCCc2ccccc2)c1. The van der Waals surface area contributed by atoms with Gasteiger partial charge in [-0.25, -0.2) is 4.98 Å². The number of aromatic nitrogens is 1. The number of nitrogens with one attached hydrogen (secondary N) is 1. The molecule has 0 unspecified atom stereocenters. The summed E-state index contributed by atoms with van der Waals surface area (Å²) in [7, 11) is 0. The fourth-order valence-electron chi connectivity index (χ4n) is 1.86. The lowest BCUT2D eigenvalue weighted by Gasteiger charge is -2.09. The molecule has 2 rings (SSSR count). The van der Waals surface area contributed by atoms with E-state index in [4.69, 9.17) is 0 Å². The highest BCUT2D eigenvalue weighted by atomic mass is 19.4. The second-order valence-electron chi connectivity index (χ2n) is 4.44. The maximum atomic E-state index is 12.5. The highest BCUT2D eigenvalue weighted by Crippen LogP contribution is 2.29. The van der Waals surface area contributed by atoms with Crippen LogP contribution in [0.2, 0.25) is 0 Å². The number of aryl methyl sites for hydroxylation is 1. The molecule has 1 N–H and O–H groups in total. The third-order valence-corrected chi connectivity index (χ3v) is 2.88. The van der Waals surface area contributed by atoms with Crippen LogP contribution in [0.15, 0.2) is 48.7 Å². The van der Waals surface area contributed by atoms with Gasteiger partial charge in [0.2, 0.25) is 0 Å². The minimum atomic E-state index is -4.33. The molecule has 1 aromatic carbocycles. The molecule has 2 nitrogen and oxygen atoms in total. The van der Waals surface area contributed by atoms with Crippen LogP contribution in [0, 0.1) is 0 Å². The van der Waals surface area contributed by atoms with Crippen LogP contribution in [0.25, 0.3) is 0 Å². The zero-order valence-corrected chi connectivity index (χ0v) is 10.8. The second-order valence-corrected chi connectivity index (χ2v) is 4.44. The van der Waals surface area contributed by atoms with Gasteiger partial charge >= 0.3 is 6.18 Å². The molecule has 0 aliphatic rings. The molecule has 0 radical (unpaired) electrons. The number of benzene rings is 1. The number of alkyl halides is 3. The topological polar surface area (TPSA) is 24.9 Å². The summed E-state index contributed by atoms with van der Waals surface area (Å²) >= 11 is 0. The Morgan fingerprint density at radius 1 is 1.05 bits per heavy atom. The highest BCUT2D eigenvalue weighted by Gasteiger charge is 2.30. The molecule has 0 aliphatic heterocycles. The summed E-state index contributed by atoms with van der Waals surface area (Å²) in [5.41, 5.74) is 0.532. The zero-order chi connectivity index (χ0) is 14.4. The molecule has 0 fully saturated rings. The molecule has 5 heteroatoms. The number of halogens is 3. The second kappa shape index (κ2) is 6.41. The lowest BCUT2D eigenvalue weighted by molar-refractivity contribution is -0.137.